The highest BCUT2D eigenvalue weighted by atomic mass is 15.2. The Bertz CT molecular complexity index is 324. The topological polar surface area (TPSA) is 28.2 Å². The van der Waals surface area contributed by atoms with Crippen molar-refractivity contribution in [2.24, 2.45) is 0 Å². The maximum Gasteiger partial charge on any atom is 0.0547 e. The lowest BCUT2D eigenvalue weighted by Crippen LogP contribution is -2.48. The van der Waals surface area contributed by atoms with E-state index in [0.29, 0.717) is 6.04 Å². The van der Waals surface area contributed by atoms with Gasteiger partial charge in [0.15, 0.2) is 0 Å². The van der Waals surface area contributed by atoms with Crippen LogP contribution in [0.5, 0.6) is 0 Å². The van der Waals surface area contributed by atoms with Crippen molar-refractivity contribution < 1.29 is 0 Å². The van der Waals surface area contributed by atoms with Gasteiger partial charge in [0.05, 0.1) is 5.69 Å². The highest BCUT2D eigenvalue weighted by molar-refractivity contribution is 5.09. The summed E-state index contributed by atoms with van der Waals surface area (Å²) in [7, 11) is 0. The zero-order valence-corrected chi connectivity index (χ0v) is 9.53. The van der Waals surface area contributed by atoms with Crippen LogP contribution in [-0.2, 0) is 6.54 Å². The lowest BCUT2D eigenvalue weighted by molar-refractivity contribution is 0.197. The van der Waals surface area contributed by atoms with E-state index in [4.69, 9.17) is 0 Å². The number of aromatic nitrogens is 1. The molecule has 0 radical (unpaired) electrons. The van der Waals surface area contributed by atoms with E-state index in [9.17, 15) is 0 Å². The molecule has 1 aliphatic heterocycles. The predicted octanol–water partition coefficient (Wildman–Crippen LogP) is 1.18. The van der Waals surface area contributed by atoms with Gasteiger partial charge in [-0.2, -0.15) is 0 Å². The number of nitrogens with zero attached hydrogens (tertiary/aromatic N) is 2. The molecule has 1 aliphatic rings. The number of pyridine rings is 1. The van der Waals surface area contributed by atoms with Crippen molar-refractivity contribution in [3.63, 3.8) is 0 Å². The first-order valence-electron chi connectivity index (χ1n) is 5.62. The van der Waals surface area contributed by atoms with E-state index in [1.54, 1.807) is 0 Å². The standard InChI is InChI=1S/C12H19N3/c1-10-4-3-5-12(14-10)9-15-7-6-13-11(2)8-15/h3-5,11,13H,6-9H2,1-2H3/t11-/m0/s1. The molecule has 2 rings (SSSR count). The van der Waals surface area contributed by atoms with E-state index in [0.717, 1.165) is 31.9 Å². The second-order valence-electron chi connectivity index (χ2n) is 4.36. The Balaban J connectivity index is 1.96. The normalized spacial score (nSPS) is 22.9. The van der Waals surface area contributed by atoms with Crippen LogP contribution in [0.1, 0.15) is 18.3 Å². The Hall–Kier alpha value is -0.930. The third kappa shape index (κ3) is 3.01. The van der Waals surface area contributed by atoms with Gasteiger partial charge in [-0.15, -0.1) is 0 Å². The zero-order valence-electron chi connectivity index (χ0n) is 9.53. The van der Waals surface area contributed by atoms with Gasteiger partial charge in [-0.3, -0.25) is 9.88 Å². The fourth-order valence-electron chi connectivity index (χ4n) is 2.07. The van der Waals surface area contributed by atoms with Crippen LogP contribution in [-0.4, -0.2) is 35.6 Å². The largest absolute Gasteiger partial charge is 0.312 e. The molecule has 1 saturated heterocycles. The minimum atomic E-state index is 0.601. The van der Waals surface area contributed by atoms with Crippen LogP contribution in [0.15, 0.2) is 18.2 Å². The van der Waals surface area contributed by atoms with Crippen LogP contribution in [0.3, 0.4) is 0 Å². The Kier molecular flexibility index (Phi) is 3.34. The average molecular weight is 205 g/mol. The zero-order chi connectivity index (χ0) is 10.7. The summed E-state index contributed by atoms with van der Waals surface area (Å²) < 4.78 is 0. The van der Waals surface area contributed by atoms with E-state index in [2.05, 4.69) is 34.3 Å². The molecule has 1 fully saturated rings. The van der Waals surface area contributed by atoms with E-state index >= 15 is 0 Å². The molecule has 0 unspecified atom stereocenters. The minimum Gasteiger partial charge on any atom is -0.312 e. The lowest BCUT2D eigenvalue weighted by Gasteiger charge is -2.31. The van der Waals surface area contributed by atoms with Crippen LogP contribution in [0.2, 0.25) is 0 Å². The molecular formula is C12H19N3. The van der Waals surface area contributed by atoms with Crippen LogP contribution in [0.25, 0.3) is 0 Å². The van der Waals surface area contributed by atoms with Gasteiger partial charge in [0.25, 0.3) is 0 Å². The molecule has 0 spiro atoms. The summed E-state index contributed by atoms with van der Waals surface area (Å²) in [5.41, 5.74) is 2.29. The second-order valence-corrected chi connectivity index (χ2v) is 4.36. The third-order valence-electron chi connectivity index (χ3n) is 2.78. The molecule has 0 amide bonds. The summed E-state index contributed by atoms with van der Waals surface area (Å²) in [5, 5.41) is 3.45. The van der Waals surface area contributed by atoms with E-state index < -0.39 is 0 Å². The molecule has 3 heteroatoms. The van der Waals surface area contributed by atoms with Crippen molar-refractivity contribution in [2.75, 3.05) is 19.6 Å². The van der Waals surface area contributed by atoms with Crippen molar-refractivity contribution in [1.29, 1.82) is 0 Å². The molecule has 2 heterocycles. The van der Waals surface area contributed by atoms with Gasteiger partial charge in [-0.25, -0.2) is 0 Å². The van der Waals surface area contributed by atoms with Crippen molar-refractivity contribution in [3.05, 3.63) is 29.6 Å². The number of rotatable bonds is 2. The fraction of sp³-hybridized carbons (Fsp3) is 0.583. The Morgan fingerprint density at radius 1 is 1.53 bits per heavy atom. The molecule has 1 atom stereocenters. The van der Waals surface area contributed by atoms with Gasteiger partial charge in [-0.1, -0.05) is 6.07 Å². The summed E-state index contributed by atoms with van der Waals surface area (Å²) in [6.45, 7) is 8.59. The SMILES string of the molecule is Cc1cccc(CN2CCN[C@@H](C)C2)n1. The van der Waals surface area contributed by atoms with Crippen LogP contribution in [0, 0.1) is 6.92 Å². The third-order valence-corrected chi connectivity index (χ3v) is 2.78. The first-order chi connectivity index (χ1) is 7.24. The first kappa shape index (κ1) is 10.6. The molecule has 0 aliphatic carbocycles. The number of hydrogen-bond donors (Lipinski definition) is 1. The Morgan fingerprint density at radius 2 is 2.40 bits per heavy atom. The maximum atomic E-state index is 4.53. The number of nitrogens with one attached hydrogen (secondary N) is 1. The first-order valence-corrected chi connectivity index (χ1v) is 5.62. The minimum absolute atomic E-state index is 0.601. The van der Waals surface area contributed by atoms with Crippen LogP contribution >= 0.6 is 0 Å². The van der Waals surface area contributed by atoms with Crippen LogP contribution in [0.4, 0.5) is 0 Å². The van der Waals surface area contributed by atoms with Gasteiger partial charge in [0.1, 0.15) is 0 Å². The smallest absolute Gasteiger partial charge is 0.0547 e. The van der Waals surface area contributed by atoms with Gasteiger partial charge in [0.2, 0.25) is 0 Å². The summed E-state index contributed by atoms with van der Waals surface area (Å²) in [5.74, 6) is 0. The van der Waals surface area contributed by atoms with Crippen LogP contribution < -0.4 is 5.32 Å². The number of aryl methyl sites for hydroxylation is 1. The molecule has 0 aromatic carbocycles. The summed E-state index contributed by atoms with van der Waals surface area (Å²) in [6.07, 6.45) is 0. The lowest BCUT2D eigenvalue weighted by atomic mass is 10.2. The Morgan fingerprint density at radius 3 is 3.13 bits per heavy atom. The molecule has 0 bridgehead atoms. The van der Waals surface area contributed by atoms with Gasteiger partial charge >= 0.3 is 0 Å². The van der Waals surface area contributed by atoms with Crippen molar-refractivity contribution in [3.8, 4) is 0 Å². The van der Waals surface area contributed by atoms with Gasteiger partial charge in [-0.05, 0) is 26.0 Å². The van der Waals surface area contributed by atoms with E-state index in [1.165, 1.54) is 5.69 Å². The predicted molar refractivity (Wildman–Crippen MR) is 61.7 cm³/mol. The highest BCUT2D eigenvalue weighted by Crippen LogP contribution is 2.06. The molecular weight excluding hydrogens is 186 g/mol. The molecule has 1 aromatic heterocycles. The van der Waals surface area contributed by atoms with Gasteiger partial charge in [0, 0.05) is 37.9 Å². The fourth-order valence-corrected chi connectivity index (χ4v) is 2.07. The molecule has 82 valence electrons. The van der Waals surface area contributed by atoms with Crippen molar-refractivity contribution in [1.82, 2.24) is 15.2 Å². The monoisotopic (exact) mass is 205 g/mol. The van der Waals surface area contributed by atoms with Crippen molar-refractivity contribution in [2.45, 2.75) is 26.4 Å². The molecule has 3 nitrogen and oxygen atoms in total. The summed E-state index contributed by atoms with van der Waals surface area (Å²) in [6, 6.07) is 6.84. The van der Waals surface area contributed by atoms with Gasteiger partial charge < -0.3 is 5.32 Å². The van der Waals surface area contributed by atoms with E-state index in [-0.39, 0.29) is 0 Å². The van der Waals surface area contributed by atoms with Crippen molar-refractivity contribution >= 4 is 0 Å². The quantitative estimate of drug-likeness (QED) is 0.786. The number of hydrogen-bond acceptors (Lipinski definition) is 3. The Labute approximate surface area is 91.5 Å². The molecule has 0 saturated carbocycles. The molecule has 1 N–H and O–H groups in total. The number of piperazine rings is 1. The van der Waals surface area contributed by atoms with E-state index in [1.807, 2.05) is 13.0 Å². The highest BCUT2D eigenvalue weighted by Gasteiger charge is 2.15. The maximum absolute atomic E-state index is 4.53. The average Bonchev–Trinajstić information content (AvgIpc) is 2.17. The summed E-state index contributed by atoms with van der Waals surface area (Å²) in [4.78, 5) is 6.99. The molecule has 15 heavy (non-hydrogen) atoms. The second kappa shape index (κ2) is 4.73. The summed E-state index contributed by atoms with van der Waals surface area (Å²) >= 11 is 0. The molecule has 1 aromatic rings.